The molecule has 0 saturated heterocycles. The van der Waals surface area contributed by atoms with E-state index in [-0.39, 0.29) is 11.3 Å². The average molecular weight is 373 g/mol. The summed E-state index contributed by atoms with van der Waals surface area (Å²) in [5.41, 5.74) is 3.80. The Morgan fingerprint density at radius 3 is 2.57 bits per heavy atom. The molecule has 0 spiro atoms. The monoisotopic (exact) mass is 373 g/mol. The van der Waals surface area contributed by atoms with Gasteiger partial charge in [-0.05, 0) is 55.3 Å². The molecule has 4 aromatic rings. The number of carbonyl (C=O) groups excluding carboxylic acids is 1. The topological polar surface area (TPSA) is 68.5 Å². The summed E-state index contributed by atoms with van der Waals surface area (Å²) >= 11 is 0. The van der Waals surface area contributed by atoms with Gasteiger partial charge in [-0.2, -0.15) is 0 Å². The highest BCUT2D eigenvalue weighted by molar-refractivity contribution is 6.07. The summed E-state index contributed by atoms with van der Waals surface area (Å²) in [4.78, 5) is 25.5. The molecule has 5 nitrogen and oxygen atoms in total. The summed E-state index contributed by atoms with van der Waals surface area (Å²) < 4.78 is 11.3. The van der Waals surface area contributed by atoms with Crippen molar-refractivity contribution in [1.82, 2.24) is 0 Å². The molecule has 3 aromatic carbocycles. The molecule has 28 heavy (non-hydrogen) atoms. The Kier molecular flexibility index (Phi) is 4.35. The molecule has 0 aliphatic carbocycles. The quantitative estimate of drug-likeness (QED) is 0.523. The van der Waals surface area contributed by atoms with Crippen molar-refractivity contribution >= 4 is 33.5 Å². The zero-order valence-electron chi connectivity index (χ0n) is 15.8. The lowest BCUT2D eigenvalue weighted by Gasteiger charge is -2.10. The number of nitrogens with one attached hydrogen (secondary N) is 1. The average Bonchev–Trinajstić information content (AvgIpc) is 2.69. The smallest absolute Gasteiger partial charge is 0.259 e. The fourth-order valence-corrected chi connectivity index (χ4v) is 3.42. The highest BCUT2D eigenvalue weighted by Crippen LogP contribution is 2.26. The molecule has 1 aromatic heterocycles. The molecule has 0 fully saturated rings. The largest absolute Gasteiger partial charge is 0.496 e. The molecule has 0 saturated carbocycles. The van der Waals surface area contributed by atoms with E-state index in [1.54, 1.807) is 42.5 Å². The van der Waals surface area contributed by atoms with Gasteiger partial charge in [-0.25, -0.2) is 0 Å². The van der Waals surface area contributed by atoms with Crippen molar-refractivity contribution in [2.24, 2.45) is 0 Å². The van der Waals surface area contributed by atoms with Crippen molar-refractivity contribution in [3.05, 3.63) is 81.5 Å². The van der Waals surface area contributed by atoms with Gasteiger partial charge in [-0.3, -0.25) is 9.59 Å². The zero-order valence-corrected chi connectivity index (χ0v) is 15.8. The van der Waals surface area contributed by atoms with Gasteiger partial charge in [0, 0.05) is 11.8 Å². The summed E-state index contributed by atoms with van der Waals surface area (Å²) in [5.74, 6) is 0.191. The van der Waals surface area contributed by atoms with Crippen molar-refractivity contribution in [2.45, 2.75) is 13.8 Å². The first-order chi connectivity index (χ1) is 13.5. The second-order valence-electron chi connectivity index (χ2n) is 6.76. The second-order valence-corrected chi connectivity index (χ2v) is 6.76. The van der Waals surface area contributed by atoms with Crippen LogP contribution in [0.5, 0.6) is 5.75 Å². The summed E-state index contributed by atoms with van der Waals surface area (Å²) in [5, 5.41) is 3.88. The number of rotatable bonds is 3. The minimum absolute atomic E-state index is 0.0781. The lowest BCUT2D eigenvalue weighted by atomic mass is 10.1. The van der Waals surface area contributed by atoms with E-state index in [9.17, 15) is 9.59 Å². The van der Waals surface area contributed by atoms with Crippen LogP contribution in [0.25, 0.3) is 21.9 Å². The third-order valence-corrected chi connectivity index (χ3v) is 4.71. The summed E-state index contributed by atoms with van der Waals surface area (Å²) in [6, 6.07) is 15.8. The summed E-state index contributed by atoms with van der Waals surface area (Å²) in [7, 11) is 1.52. The molecular formula is C23H19NO4. The number of ether oxygens (including phenoxy) is 1. The number of hydrogen-bond donors (Lipinski definition) is 1. The van der Waals surface area contributed by atoms with Gasteiger partial charge in [-0.15, -0.1) is 0 Å². The predicted octanol–water partition coefficient (Wildman–Crippen LogP) is 4.82. The van der Waals surface area contributed by atoms with Crippen LogP contribution in [0, 0.1) is 13.8 Å². The number of fused-ring (bicyclic) bond motifs is 2. The molecule has 0 bridgehead atoms. The van der Waals surface area contributed by atoms with E-state index < -0.39 is 0 Å². The van der Waals surface area contributed by atoms with Gasteiger partial charge in [0.2, 0.25) is 5.43 Å². The van der Waals surface area contributed by atoms with Gasteiger partial charge in [-0.1, -0.05) is 18.2 Å². The summed E-state index contributed by atoms with van der Waals surface area (Å²) in [6.07, 6.45) is 0. The lowest BCUT2D eigenvalue weighted by Crippen LogP contribution is -2.13. The van der Waals surface area contributed by atoms with Gasteiger partial charge in [0.05, 0.1) is 23.4 Å². The van der Waals surface area contributed by atoms with Crippen molar-refractivity contribution < 1.29 is 13.9 Å². The first kappa shape index (κ1) is 17.8. The van der Waals surface area contributed by atoms with E-state index in [1.165, 1.54) is 7.11 Å². The van der Waals surface area contributed by atoms with E-state index in [0.29, 0.717) is 38.9 Å². The van der Waals surface area contributed by atoms with Gasteiger partial charge < -0.3 is 14.5 Å². The van der Waals surface area contributed by atoms with Gasteiger partial charge in [0.1, 0.15) is 16.9 Å². The van der Waals surface area contributed by atoms with Crippen molar-refractivity contribution in [3.8, 4) is 5.75 Å². The molecule has 1 N–H and O–H groups in total. The minimum atomic E-state index is -0.299. The molecule has 5 heteroatoms. The van der Waals surface area contributed by atoms with Crippen LogP contribution in [-0.2, 0) is 0 Å². The van der Waals surface area contributed by atoms with Crippen LogP contribution in [0.4, 0.5) is 5.69 Å². The first-order valence-electron chi connectivity index (χ1n) is 8.90. The molecule has 0 radical (unpaired) electrons. The maximum atomic E-state index is 12.9. The fourth-order valence-electron chi connectivity index (χ4n) is 3.42. The predicted molar refractivity (Wildman–Crippen MR) is 110 cm³/mol. The normalized spacial score (nSPS) is 11.0. The maximum Gasteiger partial charge on any atom is 0.259 e. The third kappa shape index (κ3) is 3.01. The van der Waals surface area contributed by atoms with E-state index in [4.69, 9.17) is 9.15 Å². The number of amides is 1. The van der Waals surface area contributed by atoms with E-state index in [0.717, 1.165) is 11.1 Å². The van der Waals surface area contributed by atoms with Gasteiger partial charge in [0.25, 0.3) is 5.91 Å². The van der Waals surface area contributed by atoms with Crippen molar-refractivity contribution in [1.29, 1.82) is 0 Å². The van der Waals surface area contributed by atoms with E-state index in [2.05, 4.69) is 5.32 Å². The van der Waals surface area contributed by atoms with Crippen LogP contribution in [0.3, 0.4) is 0 Å². The number of hydrogen-bond acceptors (Lipinski definition) is 4. The molecule has 0 unspecified atom stereocenters. The molecule has 1 heterocycles. The Morgan fingerprint density at radius 2 is 1.79 bits per heavy atom. The molecule has 4 rings (SSSR count). The lowest BCUT2D eigenvalue weighted by molar-refractivity contribution is 0.102. The van der Waals surface area contributed by atoms with E-state index >= 15 is 0 Å². The van der Waals surface area contributed by atoms with E-state index in [1.807, 2.05) is 26.0 Å². The molecule has 1 amide bonds. The number of benzene rings is 3. The second kappa shape index (κ2) is 6.85. The minimum Gasteiger partial charge on any atom is -0.496 e. The SMILES string of the molecule is COc1ccccc1C(=O)Nc1ccc2c(=O)c3cc(C)cc(C)c3oc2c1. The Hall–Kier alpha value is -3.60. The Labute approximate surface area is 161 Å². The number of para-hydroxylation sites is 1. The molecular weight excluding hydrogens is 354 g/mol. The Morgan fingerprint density at radius 1 is 1.00 bits per heavy atom. The van der Waals surface area contributed by atoms with Gasteiger partial charge in [0.15, 0.2) is 0 Å². The van der Waals surface area contributed by atoms with Crippen molar-refractivity contribution in [2.75, 3.05) is 12.4 Å². The third-order valence-electron chi connectivity index (χ3n) is 4.71. The number of carbonyl (C=O) groups is 1. The molecule has 0 aliphatic rings. The van der Waals surface area contributed by atoms with Crippen LogP contribution < -0.4 is 15.5 Å². The highest BCUT2D eigenvalue weighted by atomic mass is 16.5. The standard InChI is InChI=1S/C23H19NO4/c1-13-10-14(2)22-18(11-13)21(25)16-9-8-15(12-20(16)28-22)24-23(26)17-6-4-5-7-19(17)27-3/h4-12H,1-3H3,(H,24,26). The Balaban J connectivity index is 1.78. The van der Waals surface area contributed by atoms with Crippen LogP contribution in [-0.4, -0.2) is 13.0 Å². The van der Waals surface area contributed by atoms with Crippen LogP contribution >= 0.6 is 0 Å². The number of anilines is 1. The van der Waals surface area contributed by atoms with Gasteiger partial charge >= 0.3 is 0 Å². The van der Waals surface area contributed by atoms with Crippen molar-refractivity contribution in [3.63, 3.8) is 0 Å². The van der Waals surface area contributed by atoms with Crippen LogP contribution in [0.15, 0.2) is 63.8 Å². The summed E-state index contributed by atoms with van der Waals surface area (Å²) in [6.45, 7) is 3.87. The zero-order chi connectivity index (χ0) is 19.8. The first-order valence-corrected chi connectivity index (χ1v) is 8.90. The van der Waals surface area contributed by atoms with Crippen LogP contribution in [0.1, 0.15) is 21.5 Å². The molecule has 140 valence electrons. The highest BCUT2D eigenvalue weighted by Gasteiger charge is 2.14. The number of aryl methyl sites for hydroxylation is 2. The molecule has 0 atom stereocenters. The fraction of sp³-hybridized carbons (Fsp3) is 0.130. The Bertz CT molecular complexity index is 1290. The maximum absolute atomic E-state index is 12.9. The molecule has 0 aliphatic heterocycles. The van der Waals surface area contributed by atoms with Crippen LogP contribution in [0.2, 0.25) is 0 Å². The number of methoxy groups -OCH3 is 1.